The first kappa shape index (κ1) is 17.4. The number of carbonyl (C=O) groups excluding carboxylic acids is 1. The Morgan fingerprint density at radius 3 is 2.86 bits per heavy atom. The third kappa shape index (κ3) is 3.18. The third-order valence-electron chi connectivity index (χ3n) is 5.19. The molecule has 28 heavy (non-hydrogen) atoms. The summed E-state index contributed by atoms with van der Waals surface area (Å²) in [5.41, 5.74) is 3.92. The van der Waals surface area contributed by atoms with Gasteiger partial charge in [-0.25, -0.2) is 0 Å². The number of anilines is 1. The number of morpholine rings is 1. The van der Waals surface area contributed by atoms with Crippen molar-refractivity contribution in [1.82, 2.24) is 13.6 Å². The zero-order valence-electron chi connectivity index (χ0n) is 15.3. The van der Waals surface area contributed by atoms with E-state index in [-0.39, 0.29) is 5.91 Å². The molecule has 0 bridgehead atoms. The molecule has 0 saturated carbocycles. The number of rotatable bonds is 3. The standard InChI is InChI=1S/C20H20N4O3S/c25-20(23-8-10-26-11-9-23)18-13-24(16-6-1-2-7-17(16)27-18)12-14-4-3-5-15-19(14)22-28-21-15/h1-7,18H,8-13H2. The van der Waals surface area contributed by atoms with Crippen molar-refractivity contribution < 1.29 is 14.3 Å². The molecule has 7 nitrogen and oxygen atoms in total. The molecule has 144 valence electrons. The maximum Gasteiger partial charge on any atom is 0.265 e. The number of aromatic nitrogens is 2. The zero-order valence-corrected chi connectivity index (χ0v) is 16.1. The monoisotopic (exact) mass is 396 g/mol. The van der Waals surface area contributed by atoms with E-state index in [0.29, 0.717) is 39.4 Å². The fraction of sp³-hybridized carbons (Fsp3) is 0.350. The topological polar surface area (TPSA) is 67.8 Å². The highest BCUT2D eigenvalue weighted by molar-refractivity contribution is 7.00. The highest BCUT2D eigenvalue weighted by Gasteiger charge is 2.34. The van der Waals surface area contributed by atoms with Crippen LogP contribution in [0.5, 0.6) is 5.75 Å². The second-order valence-corrected chi connectivity index (χ2v) is 7.47. The third-order valence-corrected chi connectivity index (χ3v) is 5.73. The van der Waals surface area contributed by atoms with Crippen LogP contribution >= 0.6 is 11.7 Å². The molecule has 5 rings (SSSR count). The summed E-state index contributed by atoms with van der Waals surface area (Å²) in [6.45, 7) is 3.54. The predicted molar refractivity (Wildman–Crippen MR) is 107 cm³/mol. The van der Waals surface area contributed by atoms with E-state index in [2.05, 4.69) is 19.7 Å². The van der Waals surface area contributed by atoms with Crippen molar-refractivity contribution in [2.24, 2.45) is 0 Å². The van der Waals surface area contributed by atoms with Crippen LogP contribution in [0.25, 0.3) is 11.0 Å². The maximum absolute atomic E-state index is 13.0. The lowest BCUT2D eigenvalue weighted by Gasteiger charge is -2.38. The number of para-hydroxylation sites is 2. The van der Waals surface area contributed by atoms with Crippen LogP contribution in [0, 0.1) is 0 Å². The quantitative estimate of drug-likeness (QED) is 0.677. The molecule has 1 saturated heterocycles. The van der Waals surface area contributed by atoms with Crippen molar-refractivity contribution in [1.29, 1.82) is 0 Å². The Balaban J connectivity index is 1.44. The van der Waals surface area contributed by atoms with Crippen LogP contribution in [0.1, 0.15) is 5.56 Å². The number of fused-ring (bicyclic) bond motifs is 2. The largest absolute Gasteiger partial charge is 0.477 e. The van der Waals surface area contributed by atoms with Gasteiger partial charge in [0, 0.05) is 25.2 Å². The smallest absolute Gasteiger partial charge is 0.265 e. The van der Waals surface area contributed by atoms with Crippen LogP contribution in [-0.2, 0) is 16.1 Å². The Hall–Kier alpha value is -2.71. The number of hydrogen-bond donors (Lipinski definition) is 0. The fourth-order valence-electron chi connectivity index (χ4n) is 3.77. The minimum atomic E-state index is -0.527. The van der Waals surface area contributed by atoms with E-state index in [9.17, 15) is 4.79 Å². The van der Waals surface area contributed by atoms with Gasteiger partial charge in [0.1, 0.15) is 16.8 Å². The molecule has 1 atom stereocenters. The maximum atomic E-state index is 13.0. The van der Waals surface area contributed by atoms with Gasteiger partial charge in [0.05, 0.1) is 37.2 Å². The Bertz CT molecular complexity index is 1000. The molecule has 3 aromatic rings. The minimum Gasteiger partial charge on any atom is -0.477 e. The van der Waals surface area contributed by atoms with Crippen molar-refractivity contribution in [3.63, 3.8) is 0 Å². The average molecular weight is 396 g/mol. The first-order valence-corrected chi connectivity index (χ1v) is 10.1. The zero-order chi connectivity index (χ0) is 18.9. The van der Waals surface area contributed by atoms with Crippen molar-refractivity contribution >= 4 is 34.4 Å². The predicted octanol–water partition coefficient (Wildman–Crippen LogP) is 2.32. The normalized spacial score (nSPS) is 19.4. The van der Waals surface area contributed by atoms with Gasteiger partial charge in [-0.1, -0.05) is 24.3 Å². The molecule has 1 aromatic heterocycles. The van der Waals surface area contributed by atoms with E-state index >= 15 is 0 Å². The van der Waals surface area contributed by atoms with Crippen LogP contribution in [0.2, 0.25) is 0 Å². The number of nitrogens with zero attached hydrogens (tertiary/aromatic N) is 4. The molecule has 3 heterocycles. The number of carbonyl (C=O) groups is 1. The van der Waals surface area contributed by atoms with E-state index in [1.165, 1.54) is 11.7 Å². The molecule has 0 spiro atoms. The summed E-state index contributed by atoms with van der Waals surface area (Å²) in [6.07, 6.45) is -0.527. The fourth-order valence-corrected chi connectivity index (χ4v) is 4.34. The average Bonchev–Trinajstić information content (AvgIpc) is 3.24. The molecule has 2 aromatic carbocycles. The van der Waals surface area contributed by atoms with Gasteiger partial charge in [-0.3, -0.25) is 4.79 Å². The highest BCUT2D eigenvalue weighted by atomic mass is 32.1. The molecule has 0 radical (unpaired) electrons. The molecular weight excluding hydrogens is 376 g/mol. The molecule has 1 unspecified atom stereocenters. The number of ether oxygens (including phenoxy) is 2. The summed E-state index contributed by atoms with van der Waals surface area (Å²) in [7, 11) is 0. The Morgan fingerprint density at radius 1 is 1.11 bits per heavy atom. The number of benzene rings is 2. The van der Waals surface area contributed by atoms with Gasteiger partial charge in [0.15, 0.2) is 6.10 Å². The van der Waals surface area contributed by atoms with Crippen LogP contribution in [0.4, 0.5) is 5.69 Å². The molecule has 8 heteroatoms. The molecule has 1 amide bonds. The summed E-state index contributed by atoms with van der Waals surface area (Å²) < 4.78 is 20.2. The van der Waals surface area contributed by atoms with Gasteiger partial charge in [-0.15, -0.1) is 0 Å². The lowest BCUT2D eigenvalue weighted by Crippen LogP contribution is -2.52. The molecule has 0 aliphatic carbocycles. The summed E-state index contributed by atoms with van der Waals surface area (Å²) >= 11 is 1.22. The highest BCUT2D eigenvalue weighted by Crippen LogP contribution is 2.35. The summed E-state index contributed by atoms with van der Waals surface area (Å²) in [5.74, 6) is 0.764. The van der Waals surface area contributed by atoms with Crippen LogP contribution in [0.15, 0.2) is 42.5 Å². The van der Waals surface area contributed by atoms with E-state index in [1.54, 1.807) is 0 Å². The molecule has 0 N–H and O–H groups in total. The minimum absolute atomic E-state index is 0.0244. The summed E-state index contributed by atoms with van der Waals surface area (Å²) in [5, 5.41) is 0. The molecule has 2 aliphatic heterocycles. The van der Waals surface area contributed by atoms with Gasteiger partial charge in [-0.05, 0) is 18.2 Å². The Morgan fingerprint density at radius 2 is 1.96 bits per heavy atom. The van der Waals surface area contributed by atoms with Gasteiger partial charge in [-0.2, -0.15) is 8.75 Å². The van der Waals surface area contributed by atoms with E-state index < -0.39 is 6.10 Å². The Kier molecular flexibility index (Phi) is 4.58. The van der Waals surface area contributed by atoms with E-state index in [4.69, 9.17) is 9.47 Å². The summed E-state index contributed by atoms with van der Waals surface area (Å²) in [6, 6.07) is 13.9. The van der Waals surface area contributed by atoms with Gasteiger partial charge in [0.25, 0.3) is 5.91 Å². The molecule has 1 fully saturated rings. The van der Waals surface area contributed by atoms with Crippen molar-refractivity contribution in [3.05, 3.63) is 48.0 Å². The van der Waals surface area contributed by atoms with E-state index in [1.807, 2.05) is 41.3 Å². The van der Waals surface area contributed by atoms with Crippen molar-refractivity contribution in [2.45, 2.75) is 12.6 Å². The van der Waals surface area contributed by atoms with Crippen molar-refractivity contribution in [3.8, 4) is 5.75 Å². The van der Waals surface area contributed by atoms with Gasteiger partial charge < -0.3 is 19.3 Å². The van der Waals surface area contributed by atoms with Crippen molar-refractivity contribution in [2.75, 3.05) is 37.7 Å². The SMILES string of the molecule is O=C(C1CN(Cc2cccc3nsnc23)c2ccccc2O1)N1CCOCC1. The second-order valence-electron chi connectivity index (χ2n) is 6.94. The second kappa shape index (κ2) is 7.37. The number of amides is 1. The summed E-state index contributed by atoms with van der Waals surface area (Å²) in [4.78, 5) is 17.1. The molecule has 2 aliphatic rings. The van der Waals surface area contributed by atoms with Gasteiger partial charge in [0.2, 0.25) is 0 Å². The molecular formula is C20H20N4O3S. The number of hydrogen-bond acceptors (Lipinski definition) is 7. The van der Waals surface area contributed by atoms with Crippen LogP contribution in [-0.4, -0.2) is 58.5 Å². The van der Waals surface area contributed by atoms with E-state index in [0.717, 1.165) is 28.0 Å². The van der Waals surface area contributed by atoms with Crippen LogP contribution < -0.4 is 9.64 Å². The lowest BCUT2D eigenvalue weighted by atomic mass is 10.1. The first-order chi connectivity index (χ1) is 13.8. The van der Waals surface area contributed by atoms with Crippen LogP contribution in [0.3, 0.4) is 0 Å². The first-order valence-electron chi connectivity index (χ1n) is 9.37. The Labute approximate surface area is 166 Å². The van der Waals surface area contributed by atoms with Gasteiger partial charge >= 0.3 is 0 Å². The lowest BCUT2D eigenvalue weighted by molar-refractivity contribution is -0.142.